The summed E-state index contributed by atoms with van der Waals surface area (Å²) in [7, 11) is 0. The summed E-state index contributed by atoms with van der Waals surface area (Å²) in [5, 5.41) is 19.4. The summed E-state index contributed by atoms with van der Waals surface area (Å²) in [5.74, 6) is -2.17. The number of anilines is 1. The van der Waals surface area contributed by atoms with Gasteiger partial charge in [0.05, 0.1) is 5.69 Å². The van der Waals surface area contributed by atoms with E-state index in [2.05, 4.69) is 10.3 Å². The van der Waals surface area contributed by atoms with Gasteiger partial charge in [-0.3, -0.25) is 4.79 Å². The van der Waals surface area contributed by atoms with Gasteiger partial charge in [0.1, 0.15) is 12.2 Å². The molecule has 0 aliphatic heterocycles. The number of carbonyl (C=O) groups is 2. The molecule has 0 saturated heterocycles. The van der Waals surface area contributed by atoms with Crippen molar-refractivity contribution in [2.24, 2.45) is 0 Å². The second kappa shape index (κ2) is 3.61. The van der Waals surface area contributed by atoms with Gasteiger partial charge in [-0.15, -0.1) is 0 Å². The van der Waals surface area contributed by atoms with Gasteiger partial charge in [0.25, 0.3) is 0 Å². The van der Waals surface area contributed by atoms with Crippen LogP contribution in [0.2, 0.25) is 0 Å². The van der Waals surface area contributed by atoms with Crippen LogP contribution in [0.25, 0.3) is 0 Å². The number of aromatic amines is 1. The van der Waals surface area contributed by atoms with Crippen LogP contribution in [-0.2, 0) is 4.79 Å². The first-order chi connectivity index (χ1) is 6.11. The highest BCUT2D eigenvalue weighted by Crippen LogP contribution is 2.12. The Labute approximate surface area is 73.2 Å². The Morgan fingerprint density at radius 2 is 2.15 bits per heavy atom. The number of H-pyrrole nitrogens is 1. The Morgan fingerprint density at radius 3 is 2.69 bits per heavy atom. The van der Waals surface area contributed by atoms with Gasteiger partial charge in [-0.1, -0.05) is 0 Å². The molecule has 0 atom stereocenters. The van der Waals surface area contributed by atoms with E-state index < -0.39 is 11.9 Å². The van der Waals surface area contributed by atoms with Crippen LogP contribution in [0.1, 0.15) is 10.5 Å². The largest absolute Gasteiger partial charge is 0.480 e. The molecule has 0 saturated carbocycles. The third-order valence-corrected chi connectivity index (χ3v) is 1.39. The second-order valence-electron chi connectivity index (χ2n) is 2.32. The summed E-state index contributed by atoms with van der Waals surface area (Å²) >= 11 is 0. The smallest absolute Gasteiger partial charge is 0.354 e. The highest BCUT2D eigenvalue weighted by atomic mass is 16.4. The number of carboxylic acid groups (broad SMARTS) is 2. The van der Waals surface area contributed by atoms with Gasteiger partial charge in [0.15, 0.2) is 0 Å². The fourth-order valence-corrected chi connectivity index (χ4v) is 0.865. The molecule has 4 N–H and O–H groups in total. The average molecular weight is 184 g/mol. The molecule has 70 valence electrons. The van der Waals surface area contributed by atoms with E-state index in [9.17, 15) is 9.59 Å². The molecular weight excluding hydrogens is 176 g/mol. The SMILES string of the molecule is O=C(O)CNc1cc[nH]c1C(=O)O. The van der Waals surface area contributed by atoms with Crippen molar-refractivity contribution in [1.82, 2.24) is 4.98 Å². The molecule has 0 spiro atoms. The minimum Gasteiger partial charge on any atom is -0.480 e. The molecule has 1 rings (SSSR count). The fraction of sp³-hybridized carbons (Fsp3) is 0.143. The Bertz CT molecular complexity index is 331. The predicted molar refractivity (Wildman–Crippen MR) is 43.9 cm³/mol. The van der Waals surface area contributed by atoms with Crippen LogP contribution in [0, 0.1) is 0 Å². The molecule has 0 radical (unpaired) electrons. The Hall–Kier alpha value is -1.98. The molecule has 1 aromatic rings. The summed E-state index contributed by atoms with van der Waals surface area (Å²) in [5.41, 5.74) is 0.233. The zero-order chi connectivity index (χ0) is 9.84. The molecule has 1 heterocycles. The van der Waals surface area contributed by atoms with E-state index in [0.717, 1.165) is 0 Å². The lowest BCUT2D eigenvalue weighted by molar-refractivity contribution is -0.134. The quantitative estimate of drug-likeness (QED) is 0.535. The highest BCUT2D eigenvalue weighted by Gasteiger charge is 2.10. The summed E-state index contributed by atoms with van der Waals surface area (Å²) in [6.07, 6.45) is 1.42. The molecule has 0 aromatic carbocycles. The third kappa shape index (κ3) is 2.22. The second-order valence-corrected chi connectivity index (χ2v) is 2.32. The van der Waals surface area contributed by atoms with E-state index in [1.807, 2.05) is 0 Å². The van der Waals surface area contributed by atoms with E-state index in [1.54, 1.807) is 0 Å². The minimum absolute atomic E-state index is 0.0405. The molecular formula is C7H8N2O4. The van der Waals surface area contributed by atoms with Crippen molar-refractivity contribution in [1.29, 1.82) is 0 Å². The zero-order valence-electron chi connectivity index (χ0n) is 6.57. The minimum atomic E-state index is -1.13. The van der Waals surface area contributed by atoms with Crippen molar-refractivity contribution in [2.45, 2.75) is 0 Å². The molecule has 6 nitrogen and oxygen atoms in total. The van der Waals surface area contributed by atoms with Gasteiger partial charge < -0.3 is 20.5 Å². The molecule has 0 bridgehead atoms. The lowest BCUT2D eigenvalue weighted by atomic mass is 10.3. The van der Waals surface area contributed by atoms with E-state index in [1.165, 1.54) is 12.3 Å². The van der Waals surface area contributed by atoms with Crippen molar-refractivity contribution in [3.8, 4) is 0 Å². The maximum Gasteiger partial charge on any atom is 0.354 e. The highest BCUT2D eigenvalue weighted by molar-refractivity contribution is 5.92. The van der Waals surface area contributed by atoms with E-state index >= 15 is 0 Å². The number of nitrogens with one attached hydrogen (secondary N) is 2. The molecule has 0 unspecified atom stereocenters. The third-order valence-electron chi connectivity index (χ3n) is 1.39. The zero-order valence-corrected chi connectivity index (χ0v) is 6.57. The number of carboxylic acids is 2. The van der Waals surface area contributed by atoms with Crippen molar-refractivity contribution in [3.63, 3.8) is 0 Å². The number of rotatable bonds is 4. The van der Waals surface area contributed by atoms with Crippen LogP contribution < -0.4 is 5.32 Å². The van der Waals surface area contributed by atoms with E-state index in [4.69, 9.17) is 10.2 Å². The topological polar surface area (TPSA) is 102 Å². The average Bonchev–Trinajstić information content (AvgIpc) is 2.47. The van der Waals surface area contributed by atoms with E-state index in [-0.39, 0.29) is 17.9 Å². The Balaban J connectivity index is 2.71. The van der Waals surface area contributed by atoms with Gasteiger partial charge in [-0.05, 0) is 6.07 Å². The first-order valence-electron chi connectivity index (χ1n) is 3.47. The van der Waals surface area contributed by atoms with Gasteiger partial charge in [0.2, 0.25) is 0 Å². The normalized spacial score (nSPS) is 9.54. The van der Waals surface area contributed by atoms with E-state index in [0.29, 0.717) is 0 Å². The van der Waals surface area contributed by atoms with Gasteiger partial charge in [-0.25, -0.2) is 4.79 Å². The van der Waals surface area contributed by atoms with Crippen LogP contribution in [0.3, 0.4) is 0 Å². The molecule has 0 aliphatic rings. The standard InChI is InChI=1S/C7H8N2O4/c10-5(11)3-9-4-1-2-8-6(4)7(12)13/h1-2,8-9H,3H2,(H,10,11)(H,12,13). The van der Waals surface area contributed by atoms with Crippen molar-refractivity contribution < 1.29 is 19.8 Å². The molecule has 13 heavy (non-hydrogen) atoms. The lowest BCUT2D eigenvalue weighted by Crippen LogP contribution is -2.14. The maximum atomic E-state index is 10.5. The van der Waals surface area contributed by atoms with Crippen molar-refractivity contribution in [2.75, 3.05) is 11.9 Å². The Morgan fingerprint density at radius 1 is 1.46 bits per heavy atom. The van der Waals surface area contributed by atoms with Gasteiger partial charge in [-0.2, -0.15) is 0 Å². The maximum absolute atomic E-state index is 10.5. The fourth-order valence-electron chi connectivity index (χ4n) is 0.865. The summed E-state index contributed by atoms with van der Waals surface area (Å²) in [4.78, 5) is 23.1. The van der Waals surface area contributed by atoms with Crippen LogP contribution in [-0.4, -0.2) is 33.7 Å². The summed E-state index contributed by atoms with van der Waals surface area (Å²) in [6.45, 7) is -0.307. The van der Waals surface area contributed by atoms with Crippen LogP contribution in [0.15, 0.2) is 12.3 Å². The van der Waals surface area contributed by atoms with Crippen molar-refractivity contribution >= 4 is 17.6 Å². The number of aromatic nitrogens is 1. The number of aliphatic carboxylic acids is 1. The molecule has 0 fully saturated rings. The predicted octanol–water partition coefficient (Wildman–Crippen LogP) is 0.209. The number of hydrogen-bond donors (Lipinski definition) is 4. The molecule has 0 amide bonds. The molecule has 0 aliphatic carbocycles. The number of hydrogen-bond acceptors (Lipinski definition) is 3. The van der Waals surface area contributed by atoms with Crippen LogP contribution in [0.5, 0.6) is 0 Å². The summed E-state index contributed by atoms with van der Waals surface area (Å²) < 4.78 is 0. The molecule has 6 heteroatoms. The first kappa shape index (κ1) is 9.11. The molecule has 1 aromatic heterocycles. The summed E-state index contributed by atoms with van der Waals surface area (Å²) in [6, 6.07) is 1.46. The Kier molecular flexibility index (Phi) is 2.53. The monoisotopic (exact) mass is 184 g/mol. The number of aromatic carboxylic acids is 1. The lowest BCUT2D eigenvalue weighted by Gasteiger charge is -2.00. The van der Waals surface area contributed by atoms with Gasteiger partial charge >= 0.3 is 11.9 Å². The van der Waals surface area contributed by atoms with Crippen molar-refractivity contribution in [3.05, 3.63) is 18.0 Å². The van der Waals surface area contributed by atoms with Crippen LogP contribution in [0.4, 0.5) is 5.69 Å². The first-order valence-corrected chi connectivity index (χ1v) is 3.47. The van der Waals surface area contributed by atoms with Crippen LogP contribution >= 0.6 is 0 Å². The van der Waals surface area contributed by atoms with Gasteiger partial charge in [0, 0.05) is 6.20 Å².